The van der Waals surface area contributed by atoms with Crippen molar-refractivity contribution in [3.63, 3.8) is 0 Å². The summed E-state index contributed by atoms with van der Waals surface area (Å²) in [5.41, 5.74) is 0. The molecule has 1 N–H and O–H groups in total. The van der Waals surface area contributed by atoms with Crippen LogP contribution in [0.25, 0.3) is 0 Å². The highest BCUT2D eigenvalue weighted by Gasteiger charge is 2.18. The Morgan fingerprint density at radius 3 is 2.63 bits per heavy atom. The van der Waals surface area contributed by atoms with Crippen molar-refractivity contribution in [3.8, 4) is 0 Å². The van der Waals surface area contributed by atoms with Gasteiger partial charge >= 0.3 is 0 Å². The molecule has 0 saturated heterocycles. The molecule has 1 aromatic rings. The molecule has 0 radical (unpaired) electrons. The topological polar surface area (TPSA) is 37.8 Å². The van der Waals surface area contributed by atoms with Crippen LogP contribution in [0.3, 0.4) is 0 Å². The van der Waals surface area contributed by atoms with E-state index in [1.807, 2.05) is 11.3 Å². The van der Waals surface area contributed by atoms with E-state index in [-0.39, 0.29) is 0 Å². The van der Waals surface area contributed by atoms with Crippen LogP contribution in [0.2, 0.25) is 0 Å². The highest BCUT2D eigenvalue weighted by Crippen LogP contribution is 2.33. The Morgan fingerprint density at radius 1 is 1.11 bits per heavy atom. The maximum absolute atomic E-state index is 4.44. The fraction of sp³-hybridized carbons (Fsp3) is 0.867. The van der Waals surface area contributed by atoms with Crippen LogP contribution in [0.15, 0.2) is 0 Å². The summed E-state index contributed by atoms with van der Waals surface area (Å²) in [4.78, 5) is 0. The van der Waals surface area contributed by atoms with E-state index in [2.05, 4.69) is 22.4 Å². The normalized spacial score (nSPS) is 17.5. The zero-order chi connectivity index (χ0) is 13.3. The predicted octanol–water partition coefficient (Wildman–Crippen LogP) is 3.91. The second-order valence-electron chi connectivity index (χ2n) is 5.58. The maximum Gasteiger partial charge on any atom is 0.120 e. The summed E-state index contributed by atoms with van der Waals surface area (Å²) in [6.07, 6.45) is 11.7. The van der Waals surface area contributed by atoms with E-state index in [0.717, 1.165) is 19.5 Å². The fourth-order valence-corrected chi connectivity index (χ4v) is 3.78. The van der Waals surface area contributed by atoms with Gasteiger partial charge in [-0.05, 0) is 38.8 Å². The zero-order valence-corrected chi connectivity index (χ0v) is 13.0. The van der Waals surface area contributed by atoms with E-state index < -0.39 is 0 Å². The van der Waals surface area contributed by atoms with Gasteiger partial charge in [-0.1, -0.05) is 32.6 Å². The Morgan fingerprint density at radius 2 is 1.89 bits per heavy atom. The van der Waals surface area contributed by atoms with Crippen molar-refractivity contribution in [2.75, 3.05) is 13.1 Å². The standard InChI is InChI=1S/C15H27N3S/c1-2-11-16-12-7-10-14-17-18-15(19-14)13-8-5-3-4-6-9-13/h13,16H,2-12H2,1H3. The van der Waals surface area contributed by atoms with Crippen LogP contribution in [0.5, 0.6) is 0 Å². The summed E-state index contributed by atoms with van der Waals surface area (Å²) >= 11 is 1.86. The lowest BCUT2D eigenvalue weighted by atomic mass is 10.0. The molecule has 3 nitrogen and oxygen atoms in total. The van der Waals surface area contributed by atoms with Crippen LogP contribution in [0.4, 0.5) is 0 Å². The van der Waals surface area contributed by atoms with E-state index >= 15 is 0 Å². The number of aryl methyl sites for hydroxylation is 1. The third-order valence-electron chi connectivity index (χ3n) is 3.86. The second-order valence-corrected chi connectivity index (χ2v) is 6.67. The van der Waals surface area contributed by atoms with Gasteiger partial charge in [0, 0.05) is 12.3 Å². The Hall–Kier alpha value is -0.480. The van der Waals surface area contributed by atoms with Gasteiger partial charge in [0.15, 0.2) is 0 Å². The van der Waals surface area contributed by atoms with Crippen LogP contribution in [0, 0.1) is 0 Å². The lowest BCUT2D eigenvalue weighted by Crippen LogP contribution is -2.16. The Kier molecular flexibility index (Phi) is 6.79. The van der Waals surface area contributed by atoms with Gasteiger partial charge in [-0.25, -0.2) is 0 Å². The smallest absolute Gasteiger partial charge is 0.120 e. The molecule has 0 amide bonds. The molecule has 1 heterocycles. The van der Waals surface area contributed by atoms with E-state index in [1.165, 1.54) is 61.4 Å². The van der Waals surface area contributed by atoms with Crippen LogP contribution < -0.4 is 5.32 Å². The summed E-state index contributed by atoms with van der Waals surface area (Å²) in [5, 5.41) is 14.8. The lowest BCUT2D eigenvalue weighted by molar-refractivity contribution is 0.583. The Balaban J connectivity index is 1.74. The molecule has 2 rings (SSSR count). The average molecular weight is 281 g/mol. The summed E-state index contributed by atoms with van der Waals surface area (Å²) in [6, 6.07) is 0. The lowest BCUT2D eigenvalue weighted by Gasteiger charge is -2.08. The highest BCUT2D eigenvalue weighted by molar-refractivity contribution is 7.11. The highest BCUT2D eigenvalue weighted by atomic mass is 32.1. The van der Waals surface area contributed by atoms with Crippen LogP contribution in [-0.4, -0.2) is 23.3 Å². The summed E-state index contributed by atoms with van der Waals surface area (Å²) in [5.74, 6) is 0.701. The van der Waals surface area contributed by atoms with E-state index in [1.54, 1.807) is 0 Å². The molecule has 0 atom stereocenters. The number of hydrogen-bond donors (Lipinski definition) is 1. The largest absolute Gasteiger partial charge is 0.317 e. The van der Waals surface area contributed by atoms with Crippen molar-refractivity contribution in [1.29, 1.82) is 0 Å². The minimum Gasteiger partial charge on any atom is -0.317 e. The first kappa shape index (κ1) is 14.9. The minimum absolute atomic E-state index is 0.701. The first-order valence-electron chi connectivity index (χ1n) is 7.93. The predicted molar refractivity (Wildman–Crippen MR) is 81.8 cm³/mol. The molecule has 19 heavy (non-hydrogen) atoms. The number of aromatic nitrogens is 2. The molecular formula is C15H27N3S. The molecule has 0 unspecified atom stereocenters. The number of nitrogens with one attached hydrogen (secondary N) is 1. The fourth-order valence-electron chi connectivity index (χ4n) is 2.73. The second kappa shape index (κ2) is 8.64. The third kappa shape index (κ3) is 5.19. The Bertz CT molecular complexity index is 343. The van der Waals surface area contributed by atoms with Gasteiger partial charge in [0.05, 0.1) is 0 Å². The third-order valence-corrected chi connectivity index (χ3v) is 5.00. The number of rotatable bonds is 7. The van der Waals surface area contributed by atoms with Gasteiger partial charge in [-0.3, -0.25) is 0 Å². The van der Waals surface area contributed by atoms with Gasteiger partial charge in [0.2, 0.25) is 0 Å². The molecule has 0 spiro atoms. The number of nitrogens with zero attached hydrogens (tertiary/aromatic N) is 2. The Labute approximate surface area is 121 Å². The molecular weight excluding hydrogens is 254 g/mol. The molecule has 1 saturated carbocycles. The molecule has 108 valence electrons. The molecule has 1 aromatic heterocycles. The van der Waals surface area contributed by atoms with Crippen LogP contribution in [-0.2, 0) is 6.42 Å². The van der Waals surface area contributed by atoms with Crippen molar-refractivity contribution >= 4 is 11.3 Å². The molecule has 0 aliphatic heterocycles. The zero-order valence-electron chi connectivity index (χ0n) is 12.2. The van der Waals surface area contributed by atoms with Crippen LogP contribution in [0.1, 0.15) is 74.2 Å². The summed E-state index contributed by atoms with van der Waals surface area (Å²) in [7, 11) is 0. The molecule has 1 aliphatic rings. The van der Waals surface area contributed by atoms with Crippen molar-refractivity contribution < 1.29 is 0 Å². The van der Waals surface area contributed by atoms with Gasteiger partial charge in [0.1, 0.15) is 10.0 Å². The SMILES string of the molecule is CCCNCCCc1nnc(C2CCCCCC2)s1. The molecule has 0 bridgehead atoms. The molecule has 1 aliphatic carbocycles. The van der Waals surface area contributed by atoms with Crippen molar-refractivity contribution in [2.45, 2.75) is 70.6 Å². The van der Waals surface area contributed by atoms with Crippen molar-refractivity contribution in [3.05, 3.63) is 10.0 Å². The molecule has 4 heteroatoms. The number of hydrogen-bond acceptors (Lipinski definition) is 4. The average Bonchev–Trinajstić information content (AvgIpc) is 2.72. The van der Waals surface area contributed by atoms with Gasteiger partial charge in [0.25, 0.3) is 0 Å². The van der Waals surface area contributed by atoms with Crippen molar-refractivity contribution in [2.24, 2.45) is 0 Å². The van der Waals surface area contributed by atoms with E-state index in [4.69, 9.17) is 0 Å². The van der Waals surface area contributed by atoms with Gasteiger partial charge < -0.3 is 5.32 Å². The monoisotopic (exact) mass is 281 g/mol. The molecule has 0 aromatic carbocycles. The first-order valence-corrected chi connectivity index (χ1v) is 8.74. The maximum atomic E-state index is 4.44. The van der Waals surface area contributed by atoms with E-state index in [0.29, 0.717) is 5.92 Å². The first-order chi connectivity index (χ1) is 9.40. The summed E-state index contributed by atoms with van der Waals surface area (Å²) in [6.45, 7) is 4.44. The quantitative estimate of drug-likeness (QED) is 0.608. The summed E-state index contributed by atoms with van der Waals surface area (Å²) < 4.78 is 0. The van der Waals surface area contributed by atoms with E-state index in [9.17, 15) is 0 Å². The van der Waals surface area contributed by atoms with Gasteiger partial charge in [-0.2, -0.15) is 0 Å². The molecule has 1 fully saturated rings. The van der Waals surface area contributed by atoms with Crippen LogP contribution >= 0.6 is 11.3 Å². The van der Waals surface area contributed by atoms with Gasteiger partial charge in [-0.15, -0.1) is 21.5 Å². The van der Waals surface area contributed by atoms with Crippen molar-refractivity contribution in [1.82, 2.24) is 15.5 Å². The minimum atomic E-state index is 0.701.